The molecule has 0 bridgehead atoms. The smallest absolute Gasteiger partial charge is 0.271 e. The molecule has 3 rings (SSSR count). The number of unbranched alkanes of at least 4 members (excludes halogenated alkanes) is 3. The summed E-state index contributed by atoms with van der Waals surface area (Å²) in [7, 11) is 0. The second-order valence-corrected chi connectivity index (χ2v) is 8.34. The molecule has 0 spiro atoms. The standard InChI is InChI=1S/C28H30N2O3/c1-4-5-6-7-16-30-27(31)25(21(3)26(18-29)28(30)32)17-22-12-14-24(15-13-22)33-19-23-10-8-20(2)9-11-23/h8-15,17H,4-7,16,19H2,1-3H3/b25-17+. The van der Waals surface area contributed by atoms with Gasteiger partial charge in [0.05, 0.1) is 0 Å². The summed E-state index contributed by atoms with van der Waals surface area (Å²) in [6, 6.07) is 17.6. The lowest BCUT2D eigenvalue weighted by Crippen LogP contribution is -2.43. The van der Waals surface area contributed by atoms with Crippen LogP contribution in [0.1, 0.15) is 56.2 Å². The first-order chi connectivity index (χ1) is 15.9. The van der Waals surface area contributed by atoms with Crippen LogP contribution in [0.25, 0.3) is 6.08 Å². The highest BCUT2D eigenvalue weighted by Crippen LogP contribution is 2.28. The van der Waals surface area contributed by atoms with Crippen molar-refractivity contribution in [3.63, 3.8) is 0 Å². The zero-order valence-corrected chi connectivity index (χ0v) is 19.6. The van der Waals surface area contributed by atoms with Crippen LogP contribution in [0, 0.1) is 18.3 Å². The Balaban J connectivity index is 1.76. The minimum absolute atomic E-state index is 0.0365. The van der Waals surface area contributed by atoms with Gasteiger partial charge in [0.2, 0.25) is 0 Å². The lowest BCUT2D eigenvalue weighted by Gasteiger charge is -2.27. The van der Waals surface area contributed by atoms with Gasteiger partial charge in [0, 0.05) is 12.1 Å². The molecule has 5 heteroatoms. The Morgan fingerprint density at radius 3 is 2.27 bits per heavy atom. The number of benzene rings is 2. The number of aryl methyl sites for hydroxylation is 1. The first kappa shape index (κ1) is 24.0. The molecule has 1 aliphatic heterocycles. The van der Waals surface area contributed by atoms with Crippen LogP contribution in [0.4, 0.5) is 0 Å². The van der Waals surface area contributed by atoms with Crippen LogP contribution in [0.15, 0.2) is 65.3 Å². The predicted molar refractivity (Wildman–Crippen MR) is 129 cm³/mol. The Kier molecular flexibility index (Phi) is 8.21. The molecule has 0 saturated carbocycles. The van der Waals surface area contributed by atoms with Gasteiger partial charge in [-0.05, 0) is 55.2 Å². The number of rotatable bonds is 9. The molecule has 0 aromatic heterocycles. The molecule has 2 amide bonds. The lowest BCUT2D eigenvalue weighted by molar-refractivity contribution is -0.140. The molecule has 0 unspecified atom stereocenters. The summed E-state index contributed by atoms with van der Waals surface area (Å²) in [5.74, 6) is -0.105. The van der Waals surface area contributed by atoms with Gasteiger partial charge in [0.1, 0.15) is 24.0 Å². The minimum atomic E-state index is -0.492. The minimum Gasteiger partial charge on any atom is -0.489 e. The molecule has 0 aliphatic carbocycles. The van der Waals surface area contributed by atoms with Gasteiger partial charge in [-0.3, -0.25) is 14.5 Å². The molecule has 1 aliphatic rings. The lowest BCUT2D eigenvalue weighted by atomic mass is 9.93. The summed E-state index contributed by atoms with van der Waals surface area (Å²) in [5.41, 5.74) is 3.95. The summed E-state index contributed by atoms with van der Waals surface area (Å²) >= 11 is 0. The van der Waals surface area contributed by atoms with Crippen LogP contribution in [0.5, 0.6) is 5.75 Å². The van der Waals surface area contributed by atoms with E-state index in [1.165, 1.54) is 10.5 Å². The van der Waals surface area contributed by atoms with E-state index in [1.54, 1.807) is 13.0 Å². The number of amides is 2. The van der Waals surface area contributed by atoms with Crippen molar-refractivity contribution in [2.75, 3.05) is 6.54 Å². The fourth-order valence-electron chi connectivity index (χ4n) is 3.71. The highest BCUT2D eigenvalue weighted by molar-refractivity contribution is 6.19. The number of carbonyl (C=O) groups excluding carboxylic acids is 2. The molecule has 2 aromatic carbocycles. The summed E-state index contributed by atoms with van der Waals surface area (Å²) in [4.78, 5) is 27.0. The maximum Gasteiger partial charge on any atom is 0.271 e. The van der Waals surface area contributed by atoms with Crippen molar-refractivity contribution in [3.05, 3.63) is 81.9 Å². The van der Waals surface area contributed by atoms with E-state index in [1.807, 2.05) is 49.4 Å². The molecule has 0 atom stereocenters. The maximum atomic E-state index is 13.1. The normalized spacial score (nSPS) is 15.2. The molecule has 33 heavy (non-hydrogen) atoms. The van der Waals surface area contributed by atoms with Crippen molar-refractivity contribution in [3.8, 4) is 11.8 Å². The summed E-state index contributed by atoms with van der Waals surface area (Å²) in [5, 5.41) is 9.52. The summed E-state index contributed by atoms with van der Waals surface area (Å²) in [6.45, 7) is 6.62. The van der Waals surface area contributed by atoms with Gasteiger partial charge >= 0.3 is 0 Å². The third-order valence-corrected chi connectivity index (χ3v) is 5.78. The van der Waals surface area contributed by atoms with Gasteiger partial charge in [0.15, 0.2) is 0 Å². The van der Waals surface area contributed by atoms with E-state index in [2.05, 4.69) is 19.1 Å². The van der Waals surface area contributed by atoms with Crippen molar-refractivity contribution in [2.45, 2.75) is 53.1 Å². The van der Waals surface area contributed by atoms with Gasteiger partial charge in [-0.1, -0.05) is 68.1 Å². The Hall–Kier alpha value is -3.65. The van der Waals surface area contributed by atoms with Crippen molar-refractivity contribution in [1.82, 2.24) is 4.90 Å². The average Bonchev–Trinajstić information content (AvgIpc) is 2.82. The van der Waals surface area contributed by atoms with Crippen LogP contribution >= 0.6 is 0 Å². The number of hydrogen-bond acceptors (Lipinski definition) is 4. The van der Waals surface area contributed by atoms with Crippen LogP contribution in [0.2, 0.25) is 0 Å². The molecule has 2 aromatic rings. The fourth-order valence-corrected chi connectivity index (χ4v) is 3.71. The Labute approximate surface area is 196 Å². The third-order valence-electron chi connectivity index (χ3n) is 5.78. The molecule has 5 nitrogen and oxygen atoms in total. The number of carbonyl (C=O) groups is 2. The number of nitrogens with zero attached hydrogens (tertiary/aromatic N) is 2. The van der Waals surface area contributed by atoms with Crippen LogP contribution in [-0.4, -0.2) is 23.3 Å². The molecular formula is C28H30N2O3. The van der Waals surface area contributed by atoms with Gasteiger partial charge in [-0.25, -0.2) is 0 Å². The van der Waals surface area contributed by atoms with Gasteiger partial charge in [0.25, 0.3) is 11.8 Å². The topological polar surface area (TPSA) is 70.4 Å². The largest absolute Gasteiger partial charge is 0.489 e. The second-order valence-electron chi connectivity index (χ2n) is 8.34. The number of nitriles is 1. The first-order valence-corrected chi connectivity index (χ1v) is 11.4. The third kappa shape index (κ3) is 5.98. The van der Waals surface area contributed by atoms with Crippen molar-refractivity contribution in [2.24, 2.45) is 0 Å². The average molecular weight is 443 g/mol. The Bertz CT molecular complexity index is 1100. The Morgan fingerprint density at radius 2 is 1.64 bits per heavy atom. The van der Waals surface area contributed by atoms with Crippen molar-refractivity contribution in [1.29, 1.82) is 5.26 Å². The maximum absolute atomic E-state index is 13.1. The summed E-state index contributed by atoms with van der Waals surface area (Å²) in [6.07, 6.45) is 5.55. The molecule has 0 fully saturated rings. The number of hydrogen-bond donors (Lipinski definition) is 0. The summed E-state index contributed by atoms with van der Waals surface area (Å²) < 4.78 is 5.86. The molecular weight excluding hydrogens is 412 g/mol. The van der Waals surface area contributed by atoms with Gasteiger partial charge in [-0.15, -0.1) is 0 Å². The molecule has 170 valence electrons. The second kappa shape index (κ2) is 11.3. The molecule has 0 saturated heterocycles. The van der Waals surface area contributed by atoms with E-state index in [9.17, 15) is 14.9 Å². The van der Waals surface area contributed by atoms with E-state index in [0.717, 1.165) is 42.6 Å². The van der Waals surface area contributed by atoms with E-state index in [4.69, 9.17) is 4.74 Å². The number of imide groups is 1. The van der Waals surface area contributed by atoms with Crippen LogP contribution in [-0.2, 0) is 16.2 Å². The quantitative estimate of drug-likeness (QED) is 0.282. The zero-order valence-electron chi connectivity index (χ0n) is 19.6. The molecule has 0 N–H and O–H groups in total. The Morgan fingerprint density at radius 1 is 0.939 bits per heavy atom. The van der Waals surface area contributed by atoms with E-state index < -0.39 is 5.91 Å². The van der Waals surface area contributed by atoms with E-state index in [0.29, 0.717) is 24.3 Å². The van der Waals surface area contributed by atoms with Gasteiger partial charge < -0.3 is 4.74 Å². The highest BCUT2D eigenvalue weighted by Gasteiger charge is 2.34. The van der Waals surface area contributed by atoms with Crippen LogP contribution < -0.4 is 4.74 Å². The van der Waals surface area contributed by atoms with Crippen molar-refractivity contribution >= 4 is 17.9 Å². The first-order valence-electron chi connectivity index (χ1n) is 11.4. The molecule has 0 radical (unpaired) electrons. The predicted octanol–water partition coefficient (Wildman–Crippen LogP) is 5.75. The van der Waals surface area contributed by atoms with Crippen LogP contribution in [0.3, 0.4) is 0 Å². The highest BCUT2D eigenvalue weighted by atomic mass is 16.5. The fraction of sp³-hybridized carbons (Fsp3) is 0.321. The van der Waals surface area contributed by atoms with Crippen molar-refractivity contribution < 1.29 is 14.3 Å². The number of ether oxygens (including phenoxy) is 1. The monoisotopic (exact) mass is 442 g/mol. The zero-order chi connectivity index (χ0) is 23.8. The van der Waals surface area contributed by atoms with E-state index >= 15 is 0 Å². The molecule has 1 heterocycles. The van der Waals surface area contributed by atoms with E-state index in [-0.39, 0.29) is 11.5 Å². The van der Waals surface area contributed by atoms with Gasteiger partial charge in [-0.2, -0.15) is 5.26 Å². The SMILES string of the molecule is CCCCCCN1C(=O)C(C#N)=C(C)/C(=C\c2ccc(OCc3ccc(C)cc3)cc2)C1=O.